The number of halogens is 1. The number of nitrogens with zero attached hydrogens (tertiary/aromatic N) is 1. The zero-order chi connectivity index (χ0) is 15.9. The molecule has 0 bridgehead atoms. The van der Waals surface area contributed by atoms with Crippen LogP contribution in [0.3, 0.4) is 0 Å². The monoisotopic (exact) mass is 304 g/mol. The highest BCUT2D eigenvalue weighted by atomic mass is 19.1. The molecular weight excluding hydrogens is 279 g/mol. The van der Waals surface area contributed by atoms with Gasteiger partial charge in [0.05, 0.1) is 0 Å². The lowest BCUT2D eigenvalue weighted by Gasteiger charge is -2.16. The van der Waals surface area contributed by atoms with Crippen molar-refractivity contribution < 1.29 is 4.39 Å². The van der Waals surface area contributed by atoms with Crippen LogP contribution in [0, 0.1) is 5.82 Å². The van der Waals surface area contributed by atoms with Gasteiger partial charge in [-0.3, -0.25) is 4.99 Å². The van der Waals surface area contributed by atoms with E-state index in [1.54, 1.807) is 12.1 Å². The van der Waals surface area contributed by atoms with E-state index in [-0.39, 0.29) is 5.82 Å². The van der Waals surface area contributed by atoms with Crippen molar-refractivity contribution >= 4 is 16.9 Å². The van der Waals surface area contributed by atoms with Gasteiger partial charge in [-0.15, -0.1) is 0 Å². The van der Waals surface area contributed by atoms with Crippen LogP contribution in [0.5, 0.6) is 0 Å². The summed E-state index contributed by atoms with van der Waals surface area (Å²) in [6, 6.07) is 5.21. The largest absolute Gasteiger partial charge is 0.361 e. The SMILES string of the molecule is CCNC(=NCCc1c[nH]c2ccc(F)cc12)NC(C)CC. The lowest BCUT2D eigenvalue weighted by Crippen LogP contribution is -2.42. The summed E-state index contributed by atoms with van der Waals surface area (Å²) in [6.45, 7) is 7.82. The van der Waals surface area contributed by atoms with Gasteiger partial charge in [0.25, 0.3) is 0 Å². The predicted octanol–water partition coefficient (Wildman–Crippen LogP) is 3.20. The molecule has 0 fully saturated rings. The van der Waals surface area contributed by atoms with E-state index in [4.69, 9.17) is 0 Å². The molecule has 0 amide bonds. The Hall–Kier alpha value is -2.04. The molecule has 1 aromatic heterocycles. The predicted molar refractivity (Wildman–Crippen MR) is 90.8 cm³/mol. The highest BCUT2D eigenvalue weighted by molar-refractivity contribution is 5.83. The van der Waals surface area contributed by atoms with Crippen molar-refractivity contribution in [1.82, 2.24) is 15.6 Å². The molecule has 1 heterocycles. The summed E-state index contributed by atoms with van der Waals surface area (Å²) >= 11 is 0. The standard InChI is InChI=1S/C17H25FN4/c1-4-12(3)22-17(19-5-2)20-9-8-13-11-21-16-7-6-14(18)10-15(13)16/h6-7,10-12,21H,4-5,8-9H2,1-3H3,(H2,19,20,22). The van der Waals surface area contributed by atoms with Crippen LogP contribution in [-0.2, 0) is 6.42 Å². The van der Waals surface area contributed by atoms with Crippen molar-refractivity contribution in [2.24, 2.45) is 4.99 Å². The zero-order valence-electron chi connectivity index (χ0n) is 13.5. The Morgan fingerprint density at radius 2 is 2.18 bits per heavy atom. The van der Waals surface area contributed by atoms with Gasteiger partial charge in [-0.1, -0.05) is 6.92 Å². The summed E-state index contributed by atoms with van der Waals surface area (Å²) < 4.78 is 13.4. The van der Waals surface area contributed by atoms with Crippen molar-refractivity contribution in [2.45, 2.75) is 39.7 Å². The van der Waals surface area contributed by atoms with Gasteiger partial charge in [0.2, 0.25) is 0 Å². The Bertz CT molecular complexity index is 633. The molecule has 0 aliphatic rings. The second-order valence-electron chi connectivity index (χ2n) is 5.47. The van der Waals surface area contributed by atoms with Crippen LogP contribution in [0.1, 0.15) is 32.8 Å². The third kappa shape index (κ3) is 4.23. The number of rotatable bonds is 6. The molecule has 22 heavy (non-hydrogen) atoms. The number of benzene rings is 1. The van der Waals surface area contributed by atoms with Crippen LogP contribution in [0.25, 0.3) is 10.9 Å². The van der Waals surface area contributed by atoms with Gasteiger partial charge in [-0.05, 0) is 50.5 Å². The maximum Gasteiger partial charge on any atom is 0.191 e. The molecule has 1 unspecified atom stereocenters. The Morgan fingerprint density at radius 1 is 1.36 bits per heavy atom. The minimum atomic E-state index is -0.205. The lowest BCUT2D eigenvalue weighted by molar-refractivity contribution is 0.624. The van der Waals surface area contributed by atoms with Crippen molar-refractivity contribution in [3.63, 3.8) is 0 Å². The first-order chi connectivity index (χ1) is 10.6. The van der Waals surface area contributed by atoms with Gasteiger partial charge in [0, 0.05) is 36.2 Å². The fourth-order valence-corrected chi connectivity index (χ4v) is 2.30. The summed E-state index contributed by atoms with van der Waals surface area (Å²) in [4.78, 5) is 7.77. The number of hydrogen-bond acceptors (Lipinski definition) is 1. The number of guanidine groups is 1. The van der Waals surface area contributed by atoms with Crippen LogP contribution < -0.4 is 10.6 Å². The number of aromatic nitrogens is 1. The first-order valence-electron chi connectivity index (χ1n) is 7.94. The van der Waals surface area contributed by atoms with Gasteiger partial charge < -0.3 is 15.6 Å². The summed E-state index contributed by atoms with van der Waals surface area (Å²) in [5, 5.41) is 7.55. The molecule has 2 rings (SSSR count). The molecular formula is C17H25FN4. The summed E-state index contributed by atoms with van der Waals surface area (Å²) in [6.07, 6.45) is 3.77. The molecule has 0 saturated heterocycles. The third-order valence-corrected chi connectivity index (χ3v) is 3.72. The molecule has 0 aliphatic carbocycles. The van der Waals surface area contributed by atoms with Gasteiger partial charge in [-0.2, -0.15) is 0 Å². The molecule has 0 aliphatic heterocycles. The molecule has 4 nitrogen and oxygen atoms in total. The summed E-state index contributed by atoms with van der Waals surface area (Å²) in [5.74, 6) is 0.631. The maximum atomic E-state index is 13.4. The van der Waals surface area contributed by atoms with E-state index in [2.05, 4.69) is 41.4 Å². The second kappa shape index (κ2) is 7.82. The maximum absolute atomic E-state index is 13.4. The summed E-state index contributed by atoms with van der Waals surface area (Å²) in [5.41, 5.74) is 2.06. The molecule has 0 radical (unpaired) electrons. The average molecular weight is 304 g/mol. The van der Waals surface area contributed by atoms with Crippen molar-refractivity contribution in [1.29, 1.82) is 0 Å². The van der Waals surface area contributed by atoms with E-state index in [1.165, 1.54) is 6.07 Å². The zero-order valence-corrected chi connectivity index (χ0v) is 13.5. The Balaban J connectivity index is 2.03. The minimum Gasteiger partial charge on any atom is -0.361 e. The fraction of sp³-hybridized carbons (Fsp3) is 0.471. The number of fused-ring (bicyclic) bond motifs is 1. The van der Waals surface area contributed by atoms with E-state index < -0.39 is 0 Å². The van der Waals surface area contributed by atoms with E-state index in [0.29, 0.717) is 12.6 Å². The van der Waals surface area contributed by atoms with E-state index in [1.807, 2.05) is 6.20 Å². The van der Waals surface area contributed by atoms with Crippen molar-refractivity contribution in [3.05, 3.63) is 35.8 Å². The van der Waals surface area contributed by atoms with Crippen molar-refractivity contribution in [3.8, 4) is 0 Å². The Morgan fingerprint density at radius 3 is 2.91 bits per heavy atom. The van der Waals surface area contributed by atoms with E-state index in [0.717, 1.165) is 41.8 Å². The highest BCUT2D eigenvalue weighted by Crippen LogP contribution is 2.19. The molecule has 0 saturated carbocycles. The van der Waals surface area contributed by atoms with Crippen LogP contribution >= 0.6 is 0 Å². The van der Waals surface area contributed by atoms with Crippen LogP contribution in [0.2, 0.25) is 0 Å². The van der Waals surface area contributed by atoms with E-state index >= 15 is 0 Å². The fourth-order valence-electron chi connectivity index (χ4n) is 2.30. The average Bonchev–Trinajstić information content (AvgIpc) is 2.89. The highest BCUT2D eigenvalue weighted by Gasteiger charge is 2.06. The topological polar surface area (TPSA) is 52.2 Å². The summed E-state index contributed by atoms with van der Waals surface area (Å²) in [7, 11) is 0. The van der Waals surface area contributed by atoms with Gasteiger partial charge in [0.15, 0.2) is 5.96 Å². The molecule has 1 aromatic carbocycles. The molecule has 3 N–H and O–H groups in total. The molecule has 1 atom stereocenters. The number of hydrogen-bond donors (Lipinski definition) is 3. The quantitative estimate of drug-likeness (QED) is 0.567. The van der Waals surface area contributed by atoms with Crippen LogP contribution in [-0.4, -0.2) is 30.1 Å². The third-order valence-electron chi connectivity index (χ3n) is 3.72. The lowest BCUT2D eigenvalue weighted by atomic mass is 10.1. The van der Waals surface area contributed by atoms with Gasteiger partial charge in [-0.25, -0.2) is 4.39 Å². The first-order valence-corrected chi connectivity index (χ1v) is 7.94. The van der Waals surface area contributed by atoms with E-state index in [9.17, 15) is 4.39 Å². The molecule has 2 aromatic rings. The Labute approximate surface area is 131 Å². The number of aliphatic imine (C=N–C) groups is 1. The number of H-pyrrole nitrogens is 1. The van der Waals surface area contributed by atoms with Gasteiger partial charge in [0.1, 0.15) is 5.82 Å². The number of nitrogens with one attached hydrogen (secondary N) is 3. The molecule has 0 spiro atoms. The minimum absolute atomic E-state index is 0.205. The molecule has 5 heteroatoms. The Kier molecular flexibility index (Phi) is 5.81. The molecule has 120 valence electrons. The van der Waals surface area contributed by atoms with Crippen molar-refractivity contribution in [2.75, 3.05) is 13.1 Å². The number of aromatic amines is 1. The smallest absolute Gasteiger partial charge is 0.191 e. The second-order valence-corrected chi connectivity index (χ2v) is 5.47. The van der Waals surface area contributed by atoms with Crippen LogP contribution in [0.15, 0.2) is 29.4 Å². The van der Waals surface area contributed by atoms with Gasteiger partial charge >= 0.3 is 0 Å². The van der Waals surface area contributed by atoms with Crippen LogP contribution in [0.4, 0.5) is 4.39 Å². The normalized spacial score (nSPS) is 13.4. The first kappa shape index (κ1) is 16.3.